The van der Waals surface area contributed by atoms with Crippen LogP contribution in [0.4, 0.5) is 4.39 Å². The number of nitrogens with zero attached hydrogens (tertiary/aromatic N) is 4. The fraction of sp³-hybridized carbons (Fsp3) is 0.333. The van der Waals surface area contributed by atoms with Gasteiger partial charge in [0.05, 0.1) is 18.9 Å². The number of imidazole rings is 1. The molecule has 0 aliphatic rings. The van der Waals surface area contributed by atoms with Crippen LogP contribution in [0.1, 0.15) is 36.0 Å². The van der Waals surface area contributed by atoms with Crippen LogP contribution in [0.3, 0.4) is 0 Å². The zero-order valence-corrected chi connectivity index (χ0v) is 18.1. The Labute approximate surface area is 180 Å². The molecule has 0 atom stereocenters. The molecule has 0 aliphatic heterocycles. The first-order valence-electron chi connectivity index (χ1n) is 10.5. The van der Waals surface area contributed by atoms with E-state index in [9.17, 15) is 9.50 Å². The minimum atomic E-state index is -0.401. The van der Waals surface area contributed by atoms with Gasteiger partial charge in [-0.2, -0.15) is 5.10 Å². The number of pyridine rings is 1. The Bertz CT molecular complexity index is 1210. The van der Waals surface area contributed by atoms with Crippen LogP contribution in [0.2, 0.25) is 0 Å². The van der Waals surface area contributed by atoms with Gasteiger partial charge in [0.15, 0.2) is 11.6 Å². The quantitative estimate of drug-likeness (QED) is 0.461. The minimum Gasteiger partial charge on any atom is -0.490 e. The molecule has 0 radical (unpaired) electrons. The van der Waals surface area contributed by atoms with Gasteiger partial charge in [-0.3, -0.25) is 4.68 Å². The van der Waals surface area contributed by atoms with Crippen LogP contribution in [-0.4, -0.2) is 30.9 Å². The molecule has 31 heavy (non-hydrogen) atoms. The lowest BCUT2D eigenvalue weighted by molar-refractivity contribution is 0.272. The second kappa shape index (κ2) is 8.89. The van der Waals surface area contributed by atoms with Crippen molar-refractivity contribution in [2.75, 3.05) is 6.61 Å². The molecule has 1 aromatic carbocycles. The van der Waals surface area contributed by atoms with E-state index in [0.29, 0.717) is 17.7 Å². The summed E-state index contributed by atoms with van der Waals surface area (Å²) in [5.41, 5.74) is 6.10. The van der Waals surface area contributed by atoms with Crippen LogP contribution in [0.5, 0.6) is 5.75 Å². The zero-order valence-electron chi connectivity index (χ0n) is 18.1. The lowest BCUT2D eigenvalue weighted by Gasteiger charge is -2.14. The Morgan fingerprint density at radius 2 is 2.00 bits per heavy atom. The van der Waals surface area contributed by atoms with Gasteiger partial charge in [-0.25, -0.2) is 9.37 Å². The SMILES string of the molecule is CCCc1cnc2ccc(-c3cccc(F)c3OCCc3c(CO)nn(C)c3C)cn12. The summed E-state index contributed by atoms with van der Waals surface area (Å²) in [5.74, 6) is -0.173. The standard InChI is InChI=1S/C24H27FN4O2/c1-4-6-18-13-26-23-10-9-17(14-29(18)23)20-7-5-8-21(25)24(20)31-12-11-19-16(2)28(3)27-22(19)15-30/h5,7-10,13-14,30H,4,6,11-12,15H2,1-3H3. The van der Waals surface area contributed by atoms with Gasteiger partial charge >= 0.3 is 0 Å². The summed E-state index contributed by atoms with van der Waals surface area (Å²) >= 11 is 0. The molecular formula is C24H27FN4O2. The van der Waals surface area contributed by atoms with Gasteiger partial charge in [-0.1, -0.05) is 25.5 Å². The van der Waals surface area contributed by atoms with Crippen molar-refractivity contribution in [3.8, 4) is 16.9 Å². The van der Waals surface area contributed by atoms with E-state index >= 15 is 0 Å². The van der Waals surface area contributed by atoms with Gasteiger partial charge in [0.2, 0.25) is 0 Å². The lowest BCUT2D eigenvalue weighted by Crippen LogP contribution is -2.06. The van der Waals surface area contributed by atoms with Crippen molar-refractivity contribution in [3.05, 3.63) is 71.2 Å². The highest BCUT2D eigenvalue weighted by Gasteiger charge is 2.16. The van der Waals surface area contributed by atoms with E-state index in [1.807, 2.05) is 44.6 Å². The van der Waals surface area contributed by atoms with Crippen LogP contribution in [-0.2, 0) is 26.5 Å². The summed E-state index contributed by atoms with van der Waals surface area (Å²) < 4.78 is 24.5. The first-order valence-corrected chi connectivity index (χ1v) is 10.5. The van der Waals surface area contributed by atoms with Crippen LogP contribution in [0.25, 0.3) is 16.8 Å². The zero-order chi connectivity index (χ0) is 22.0. The molecule has 0 spiro atoms. The second-order valence-electron chi connectivity index (χ2n) is 7.65. The van der Waals surface area contributed by atoms with Gasteiger partial charge in [0.1, 0.15) is 5.65 Å². The molecule has 3 aromatic heterocycles. The van der Waals surface area contributed by atoms with E-state index in [1.54, 1.807) is 10.7 Å². The summed E-state index contributed by atoms with van der Waals surface area (Å²) in [6.45, 7) is 4.23. The summed E-state index contributed by atoms with van der Waals surface area (Å²) in [5, 5.41) is 13.9. The van der Waals surface area contributed by atoms with Crippen molar-refractivity contribution in [1.29, 1.82) is 0 Å². The molecule has 0 fully saturated rings. The van der Waals surface area contributed by atoms with E-state index in [0.717, 1.165) is 41.0 Å². The molecule has 0 unspecified atom stereocenters. The maximum atomic E-state index is 14.7. The van der Waals surface area contributed by atoms with Crippen LogP contribution < -0.4 is 4.74 Å². The molecule has 0 amide bonds. The average molecular weight is 423 g/mol. The van der Waals surface area contributed by atoms with E-state index in [2.05, 4.69) is 21.4 Å². The predicted octanol–water partition coefficient (Wildman–Crippen LogP) is 4.25. The van der Waals surface area contributed by atoms with Gasteiger partial charge < -0.3 is 14.2 Å². The number of rotatable bonds is 8. The highest BCUT2D eigenvalue weighted by atomic mass is 19.1. The molecule has 6 nitrogen and oxygen atoms in total. The monoisotopic (exact) mass is 422 g/mol. The number of benzene rings is 1. The molecular weight excluding hydrogens is 395 g/mol. The van der Waals surface area contributed by atoms with Crippen LogP contribution in [0.15, 0.2) is 42.7 Å². The lowest BCUT2D eigenvalue weighted by atomic mass is 10.1. The minimum absolute atomic E-state index is 0.132. The maximum absolute atomic E-state index is 14.7. The first kappa shape index (κ1) is 21.1. The number of aliphatic hydroxyl groups is 1. The molecule has 7 heteroatoms. The maximum Gasteiger partial charge on any atom is 0.165 e. The van der Waals surface area contributed by atoms with Crippen molar-refractivity contribution >= 4 is 5.65 Å². The molecule has 162 valence electrons. The van der Waals surface area contributed by atoms with Crippen molar-refractivity contribution < 1.29 is 14.2 Å². The molecule has 4 rings (SSSR count). The Hall–Kier alpha value is -3.19. The largest absolute Gasteiger partial charge is 0.490 e. The summed E-state index contributed by atoms with van der Waals surface area (Å²) in [6, 6.07) is 8.85. The van der Waals surface area contributed by atoms with Crippen LogP contribution >= 0.6 is 0 Å². The predicted molar refractivity (Wildman–Crippen MR) is 118 cm³/mol. The van der Waals surface area contributed by atoms with Gasteiger partial charge in [-0.15, -0.1) is 0 Å². The molecule has 1 N–H and O–H groups in total. The van der Waals surface area contributed by atoms with Gasteiger partial charge in [-0.05, 0) is 31.5 Å². The second-order valence-corrected chi connectivity index (χ2v) is 7.65. The Morgan fingerprint density at radius 3 is 2.77 bits per heavy atom. The molecule has 0 saturated heterocycles. The Balaban J connectivity index is 1.62. The first-order chi connectivity index (χ1) is 15.0. The number of hydrogen-bond donors (Lipinski definition) is 1. The van der Waals surface area contributed by atoms with E-state index in [-0.39, 0.29) is 19.0 Å². The average Bonchev–Trinajstić information content (AvgIpc) is 3.30. The summed E-state index contributed by atoms with van der Waals surface area (Å²) in [4.78, 5) is 4.45. The van der Waals surface area contributed by atoms with Crippen molar-refractivity contribution in [1.82, 2.24) is 19.2 Å². The number of aromatic nitrogens is 4. The number of ether oxygens (including phenoxy) is 1. The van der Waals surface area contributed by atoms with Crippen molar-refractivity contribution in [2.45, 2.75) is 39.7 Å². The summed E-state index contributed by atoms with van der Waals surface area (Å²) in [6.07, 6.45) is 6.36. The Kier molecular flexibility index (Phi) is 6.04. The number of aliphatic hydroxyl groups excluding tert-OH is 1. The fourth-order valence-corrected chi connectivity index (χ4v) is 3.94. The molecule has 0 saturated carbocycles. The number of halogens is 1. The van der Waals surface area contributed by atoms with Crippen molar-refractivity contribution in [3.63, 3.8) is 0 Å². The van der Waals surface area contributed by atoms with E-state index in [4.69, 9.17) is 4.74 Å². The number of fused-ring (bicyclic) bond motifs is 1. The normalized spacial score (nSPS) is 11.4. The third kappa shape index (κ3) is 4.05. The number of aryl methyl sites for hydroxylation is 2. The van der Waals surface area contributed by atoms with E-state index in [1.165, 1.54) is 6.07 Å². The topological polar surface area (TPSA) is 64.6 Å². The molecule has 0 aliphatic carbocycles. The number of hydrogen-bond acceptors (Lipinski definition) is 4. The molecule has 3 heterocycles. The fourth-order valence-electron chi connectivity index (χ4n) is 3.94. The highest BCUT2D eigenvalue weighted by Crippen LogP contribution is 2.33. The van der Waals surface area contributed by atoms with Crippen molar-refractivity contribution in [2.24, 2.45) is 7.05 Å². The van der Waals surface area contributed by atoms with Crippen LogP contribution in [0, 0.1) is 12.7 Å². The molecule has 0 bridgehead atoms. The van der Waals surface area contributed by atoms with Gasteiger partial charge in [0, 0.05) is 53.9 Å². The number of para-hydroxylation sites is 1. The molecule has 4 aromatic rings. The third-order valence-corrected chi connectivity index (χ3v) is 5.66. The third-order valence-electron chi connectivity index (χ3n) is 5.66. The van der Waals surface area contributed by atoms with Gasteiger partial charge in [0.25, 0.3) is 0 Å². The smallest absolute Gasteiger partial charge is 0.165 e. The summed E-state index contributed by atoms with van der Waals surface area (Å²) in [7, 11) is 1.84. The van der Waals surface area contributed by atoms with E-state index < -0.39 is 5.82 Å². The highest BCUT2D eigenvalue weighted by molar-refractivity contribution is 5.71. The Morgan fingerprint density at radius 1 is 1.16 bits per heavy atom.